The fraction of sp³-hybridized carbons (Fsp3) is 0.214. The van der Waals surface area contributed by atoms with E-state index in [4.69, 9.17) is 4.74 Å². The maximum Gasteiger partial charge on any atom is 0.127 e. The average molecular weight is 199 g/mol. The minimum Gasteiger partial charge on any atom is -0.490 e. The Morgan fingerprint density at radius 3 is 2.67 bits per heavy atom. The van der Waals surface area contributed by atoms with Crippen molar-refractivity contribution in [3.8, 4) is 5.75 Å². The standard InChI is InChI=1S/C14H15O/c1-3-11(2)15-14-10-6-8-12-7-4-5-9-13(12)14/h4-11H,2-3H2,1H3. The molecule has 15 heavy (non-hydrogen) atoms. The van der Waals surface area contributed by atoms with Crippen LogP contribution in [0.25, 0.3) is 10.8 Å². The lowest BCUT2D eigenvalue weighted by molar-refractivity contribution is 0.246. The van der Waals surface area contributed by atoms with E-state index in [0.717, 1.165) is 17.6 Å². The van der Waals surface area contributed by atoms with Crippen LogP contribution < -0.4 is 4.74 Å². The second-order valence-electron chi connectivity index (χ2n) is 3.63. The van der Waals surface area contributed by atoms with E-state index < -0.39 is 0 Å². The minimum absolute atomic E-state index is 0.0239. The van der Waals surface area contributed by atoms with Gasteiger partial charge >= 0.3 is 0 Å². The van der Waals surface area contributed by atoms with Gasteiger partial charge in [-0.15, -0.1) is 0 Å². The first-order valence-electron chi connectivity index (χ1n) is 5.28. The summed E-state index contributed by atoms with van der Waals surface area (Å²) < 4.78 is 5.77. The van der Waals surface area contributed by atoms with Gasteiger partial charge in [0, 0.05) is 5.39 Å². The van der Waals surface area contributed by atoms with Crippen molar-refractivity contribution in [3.63, 3.8) is 0 Å². The van der Waals surface area contributed by atoms with Crippen LogP contribution >= 0.6 is 0 Å². The molecular weight excluding hydrogens is 184 g/mol. The number of hydrogen-bond acceptors (Lipinski definition) is 1. The van der Waals surface area contributed by atoms with E-state index in [1.807, 2.05) is 24.3 Å². The second kappa shape index (κ2) is 4.35. The third-order valence-corrected chi connectivity index (χ3v) is 2.50. The monoisotopic (exact) mass is 199 g/mol. The second-order valence-corrected chi connectivity index (χ2v) is 3.63. The van der Waals surface area contributed by atoms with Gasteiger partial charge in [0.25, 0.3) is 0 Å². The lowest BCUT2D eigenvalue weighted by Gasteiger charge is -2.14. The number of hydrogen-bond donors (Lipinski definition) is 0. The highest BCUT2D eigenvalue weighted by Gasteiger charge is 2.04. The molecule has 0 spiro atoms. The number of rotatable bonds is 3. The van der Waals surface area contributed by atoms with E-state index in [2.05, 4.69) is 32.0 Å². The lowest BCUT2D eigenvalue weighted by Crippen LogP contribution is -2.10. The summed E-state index contributed by atoms with van der Waals surface area (Å²) in [5, 5.41) is 2.36. The Morgan fingerprint density at radius 2 is 1.87 bits per heavy atom. The van der Waals surface area contributed by atoms with Crippen molar-refractivity contribution in [2.75, 3.05) is 0 Å². The van der Waals surface area contributed by atoms with Crippen molar-refractivity contribution in [1.82, 2.24) is 0 Å². The first-order valence-corrected chi connectivity index (χ1v) is 5.28. The Hall–Kier alpha value is -1.50. The van der Waals surface area contributed by atoms with Gasteiger partial charge in [0.05, 0.1) is 6.10 Å². The molecular formula is C14H15O. The molecule has 1 radical (unpaired) electrons. The van der Waals surface area contributed by atoms with Gasteiger partial charge in [-0.2, -0.15) is 0 Å². The predicted octanol–water partition coefficient (Wildman–Crippen LogP) is 3.83. The molecule has 2 aromatic carbocycles. The fourth-order valence-corrected chi connectivity index (χ4v) is 1.56. The van der Waals surface area contributed by atoms with Crippen LogP contribution in [0.3, 0.4) is 0 Å². The van der Waals surface area contributed by atoms with Gasteiger partial charge in [-0.3, -0.25) is 0 Å². The van der Waals surface area contributed by atoms with Gasteiger partial charge in [0.1, 0.15) is 5.75 Å². The molecule has 0 saturated carbocycles. The zero-order valence-electron chi connectivity index (χ0n) is 8.94. The highest BCUT2D eigenvalue weighted by molar-refractivity contribution is 5.88. The van der Waals surface area contributed by atoms with Crippen LogP contribution in [-0.4, -0.2) is 6.10 Å². The van der Waals surface area contributed by atoms with Crippen LogP contribution in [-0.2, 0) is 0 Å². The van der Waals surface area contributed by atoms with E-state index in [0.29, 0.717) is 0 Å². The van der Waals surface area contributed by atoms with Crippen molar-refractivity contribution in [2.24, 2.45) is 0 Å². The third-order valence-electron chi connectivity index (χ3n) is 2.50. The first-order chi connectivity index (χ1) is 7.31. The molecule has 0 saturated heterocycles. The molecule has 77 valence electrons. The Balaban J connectivity index is 2.42. The van der Waals surface area contributed by atoms with Crippen molar-refractivity contribution < 1.29 is 4.74 Å². The molecule has 2 aromatic rings. The van der Waals surface area contributed by atoms with Crippen molar-refractivity contribution in [2.45, 2.75) is 19.4 Å². The number of fused-ring (bicyclic) bond motifs is 1. The molecule has 0 N–H and O–H groups in total. The molecule has 0 fully saturated rings. The summed E-state index contributed by atoms with van der Waals surface area (Å²) in [4.78, 5) is 0. The van der Waals surface area contributed by atoms with E-state index in [1.54, 1.807) is 0 Å². The highest BCUT2D eigenvalue weighted by Crippen LogP contribution is 2.26. The molecule has 0 aliphatic heterocycles. The summed E-state index contributed by atoms with van der Waals surface area (Å²) in [5.74, 6) is 0.926. The maximum atomic E-state index is 5.77. The smallest absolute Gasteiger partial charge is 0.127 e. The molecule has 0 heterocycles. The van der Waals surface area contributed by atoms with Crippen LogP contribution in [0.15, 0.2) is 42.5 Å². The molecule has 2 rings (SSSR count). The SMILES string of the molecule is [CH2]C(CC)Oc1cccc2ccccc12. The molecule has 1 heteroatoms. The molecule has 1 nitrogen and oxygen atoms in total. The summed E-state index contributed by atoms with van der Waals surface area (Å²) in [7, 11) is 0. The molecule has 0 aromatic heterocycles. The van der Waals surface area contributed by atoms with Crippen LogP contribution in [0.2, 0.25) is 0 Å². The van der Waals surface area contributed by atoms with E-state index >= 15 is 0 Å². The summed E-state index contributed by atoms with van der Waals surface area (Å²) in [6, 6.07) is 14.3. The van der Waals surface area contributed by atoms with Crippen LogP contribution in [0.5, 0.6) is 5.75 Å². The number of benzene rings is 2. The van der Waals surface area contributed by atoms with Crippen LogP contribution in [0.4, 0.5) is 0 Å². The number of ether oxygens (including phenoxy) is 1. The van der Waals surface area contributed by atoms with Crippen molar-refractivity contribution >= 4 is 10.8 Å². The molecule has 0 aliphatic rings. The topological polar surface area (TPSA) is 9.23 Å². The van der Waals surface area contributed by atoms with Gasteiger partial charge in [0.2, 0.25) is 0 Å². The van der Waals surface area contributed by atoms with Gasteiger partial charge in [0.15, 0.2) is 0 Å². The predicted molar refractivity (Wildman–Crippen MR) is 64.0 cm³/mol. The van der Waals surface area contributed by atoms with Crippen molar-refractivity contribution in [1.29, 1.82) is 0 Å². The minimum atomic E-state index is 0.0239. The summed E-state index contributed by atoms with van der Waals surface area (Å²) in [6.45, 7) is 6.01. The van der Waals surface area contributed by atoms with E-state index in [1.165, 1.54) is 5.39 Å². The van der Waals surface area contributed by atoms with Gasteiger partial charge in [-0.25, -0.2) is 0 Å². The molecule has 1 atom stereocenters. The normalized spacial score (nSPS) is 12.7. The van der Waals surface area contributed by atoms with E-state index in [9.17, 15) is 0 Å². The van der Waals surface area contributed by atoms with E-state index in [-0.39, 0.29) is 6.10 Å². The fourth-order valence-electron chi connectivity index (χ4n) is 1.56. The molecule has 0 aliphatic carbocycles. The summed E-state index contributed by atoms with van der Waals surface area (Å²) in [6.07, 6.45) is 0.944. The summed E-state index contributed by atoms with van der Waals surface area (Å²) in [5.41, 5.74) is 0. The van der Waals surface area contributed by atoms with Gasteiger partial charge in [-0.1, -0.05) is 43.3 Å². The van der Waals surface area contributed by atoms with Crippen LogP contribution in [0, 0.1) is 6.92 Å². The largest absolute Gasteiger partial charge is 0.490 e. The zero-order chi connectivity index (χ0) is 10.7. The Morgan fingerprint density at radius 1 is 1.13 bits per heavy atom. The van der Waals surface area contributed by atoms with Crippen molar-refractivity contribution in [3.05, 3.63) is 49.4 Å². The quantitative estimate of drug-likeness (QED) is 0.730. The Bertz CT molecular complexity index is 443. The Kier molecular flexibility index (Phi) is 2.91. The first kappa shape index (κ1) is 10.0. The third kappa shape index (κ3) is 2.12. The van der Waals surface area contributed by atoms with Crippen LogP contribution in [0.1, 0.15) is 13.3 Å². The molecule has 0 bridgehead atoms. The average Bonchev–Trinajstić information content (AvgIpc) is 2.29. The maximum absolute atomic E-state index is 5.77. The summed E-state index contributed by atoms with van der Waals surface area (Å²) >= 11 is 0. The van der Waals surface area contributed by atoms with Gasteiger partial charge < -0.3 is 4.74 Å². The van der Waals surface area contributed by atoms with Gasteiger partial charge in [-0.05, 0) is 24.8 Å². The molecule has 0 amide bonds. The highest BCUT2D eigenvalue weighted by atomic mass is 16.5. The lowest BCUT2D eigenvalue weighted by atomic mass is 10.1. The zero-order valence-corrected chi connectivity index (χ0v) is 8.94. The Labute approximate surface area is 90.7 Å². The molecule has 1 unspecified atom stereocenters.